The Balaban J connectivity index is 1.38. The van der Waals surface area contributed by atoms with E-state index < -0.39 is 0 Å². The van der Waals surface area contributed by atoms with E-state index >= 15 is 0 Å². The SMILES string of the molecule is N#Cc1ccccc1-c1cc(-c2ccc3sc4ccccc4c3c2)c(-c2ccc3sc4ccccc4c3c2)cc1-c1ccccc1. The Morgan fingerprint density at radius 3 is 1.43 bits per heavy atom. The summed E-state index contributed by atoms with van der Waals surface area (Å²) in [5.74, 6) is 0. The fraction of sp³-hybridized carbons (Fsp3) is 0. The van der Waals surface area contributed by atoms with Gasteiger partial charge in [0.2, 0.25) is 0 Å². The van der Waals surface area contributed by atoms with Crippen molar-refractivity contribution in [3.05, 3.63) is 157 Å². The van der Waals surface area contributed by atoms with Crippen LogP contribution >= 0.6 is 22.7 Å². The van der Waals surface area contributed by atoms with Crippen molar-refractivity contribution in [1.29, 1.82) is 5.26 Å². The van der Waals surface area contributed by atoms with Crippen molar-refractivity contribution in [2.45, 2.75) is 0 Å². The van der Waals surface area contributed by atoms with Crippen LogP contribution < -0.4 is 0 Å². The molecule has 2 heterocycles. The number of hydrogen-bond donors (Lipinski definition) is 0. The van der Waals surface area contributed by atoms with Crippen molar-refractivity contribution in [3.63, 3.8) is 0 Å². The van der Waals surface area contributed by atoms with Crippen LogP contribution in [0.1, 0.15) is 5.56 Å². The normalized spacial score (nSPS) is 11.5. The highest BCUT2D eigenvalue weighted by atomic mass is 32.1. The van der Waals surface area contributed by atoms with Gasteiger partial charge in [0.05, 0.1) is 11.6 Å². The summed E-state index contributed by atoms with van der Waals surface area (Å²) in [5, 5.41) is 15.3. The maximum absolute atomic E-state index is 10.2. The van der Waals surface area contributed by atoms with Crippen molar-refractivity contribution in [3.8, 4) is 50.6 Å². The summed E-state index contributed by atoms with van der Waals surface area (Å²) in [6, 6.07) is 56.8. The Morgan fingerprint density at radius 2 is 0.826 bits per heavy atom. The molecule has 0 bridgehead atoms. The molecule has 0 atom stereocenters. The van der Waals surface area contributed by atoms with E-state index in [1.165, 1.54) is 51.5 Å². The molecule has 0 aliphatic rings. The summed E-state index contributed by atoms with van der Waals surface area (Å²) in [5.41, 5.74) is 9.57. The number of rotatable bonds is 4. The zero-order chi connectivity index (χ0) is 30.6. The molecule has 0 spiro atoms. The van der Waals surface area contributed by atoms with E-state index in [1.807, 2.05) is 40.9 Å². The van der Waals surface area contributed by atoms with Crippen LogP contribution in [0.15, 0.2) is 152 Å². The monoisotopic (exact) mass is 619 g/mol. The predicted molar refractivity (Wildman–Crippen MR) is 199 cm³/mol. The molecule has 0 radical (unpaired) electrons. The highest BCUT2D eigenvalue weighted by Crippen LogP contribution is 2.46. The molecule has 46 heavy (non-hydrogen) atoms. The summed E-state index contributed by atoms with van der Waals surface area (Å²) in [7, 11) is 0. The third-order valence-corrected chi connectivity index (χ3v) is 11.3. The van der Waals surface area contributed by atoms with Gasteiger partial charge in [-0.15, -0.1) is 22.7 Å². The fourth-order valence-electron chi connectivity index (χ4n) is 6.76. The fourth-order valence-corrected chi connectivity index (χ4v) is 8.93. The quantitative estimate of drug-likeness (QED) is 0.192. The van der Waals surface area contributed by atoms with Crippen molar-refractivity contribution in [2.75, 3.05) is 0 Å². The lowest BCUT2D eigenvalue weighted by atomic mass is 9.84. The highest BCUT2D eigenvalue weighted by Gasteiger charge is 2.19. The largest absolute Gasteiger partial charge is 0.192 e. The minimum Gasteiger partial charge on any atom is -0.192 e. The van der Waals surface area contributed by atoms with Crippen LogP contribution in [0.4, 0.5) is 0 Å². The average Bonchev–Trinajstić information content (AvgIpc) is 3.69. The van der Waals surface area contributed by atoms with E-state index in [-0.39, 0.29) is 0 Å². The van der Waals surface area contributed by atoms with E-state index in [4.69, 9.17) is 0 Å². The molecule has 0 fully saturated rings. The molecule has 214 valence electrons. The molecule has 0 saturated carbocycles. The van der Waals surface area contributed by atoms with Crippen LogP contribution in [0.5, 0.6) is 0 Å². The molecule has 0 saturated heterocycles. The molecule has 0 N–H and O–H groups in total. The molecule has 0 unspecified atom stereocenters. The average molecular weight is 620 g/mol. The minimum atomic E-state index is 0.670. The van der Waals surface area contributed by atoms with Crippen LogP contribution in [0.25, 0.3) is 84.9 Å². The molecule has 9 rings (SSSR count). The Morgan fingerprint density at radius 1 is 0.348 bits per heavy atom. The van der Waals surface area contributed by atoms with Gasteiger partial charge in [-0.1, -0.05) is 97.1 Å². The molecule has 3 heteroatoms. The summed E-state index contributed by atoms with van der Waals surface area (Å²) in [4.78, 5) is 0. The lowest BCUT2D eigenvalue weighted by molar-refractivity contribution is 1.47. The standard InChI is InChI=1S/C43H25NS2/c44-26-30-12-4-5-13-31(30)37-25-36(29-19-21-43-39(23-29)33-15-7-9-17-41(33)46-43)35(24-34(37)27-10-2-1-3-11-27)28-18-20-42-38(22-28)32-14-6-8-16-40(32)45-42/h1-25H. The maximum Gasteiger partial charge on any atom is 0.0998 e. The van der Waals surface area contributed by atoms with E-state index in [9.17, 15) is 5.26 Å². The van der Waals surface area contributed by atoms with Gasteiger partial charge in [-0.05, 0) is 93.5 Å². The molecule has 0 aliphatic heterocycles. The Labute approximate surface area is 274 Å². The third kappa shape index (κ3) is 4.35. The Bertz CT molecular complexity index is 2650. The van der Waals surface area contributed by atoms with E-state index in [0.29, 0.717) is 5.56 Å². The van der Waals surface area contributed by atoms with E-state index in [2.05, 4.69) is 140 Å². The van der Waals surface area contributed by atoms with Gasteiger partial charge in [-0.25, -0.2) is 0 Å². The van der Waals surface area contributed by atoms with Gasteiger partial charge in [0.1, 0.15) is 0 Å². The van der Waals surface area contributed by atoms with Gasteiger partial charge in [0.15, 0.2) is 0 Å². The van der Waals surface area contributed by atoms with Crippen molar-refractivity contribution < 1.29 is 0 Å². The molecule has 0 amide bonds. The topological polar surface area (TPSA) is 23.8 Å². The minimum absolute atomic E-state index is 0.670. The smallest absolute Gasteiger partial charge is 0.0998 e. The van der Waals surface area contributed by atoms with Crippen molar-refractivity contribution in [1.82, 2.24) is 0 Å². The molecule has 7 aromatic carbocycles. The van der Waals surface area contributed by atoms with E-state index in [1.54, 1.807) is 0 Å². The molecule has 1 nitrogen and oxygen atoms in total. The Hall–Kier alpha value is -5.53. The second-order valence-corrected chi connectivity index (χ2v) is 13.8. The maximum atomic E-state index is 10.2. The molecule has 9 aromatic rings. The van der Waals surface area contributed by atoms with Crippen LogP contribution in [-0.4, -0.2) is 0 Å². The first-order valence-electron chi connectivity index (χ1n) is 15.3. The van der Waals surface area contributed by atoms with Crippen LogP contribution in [0.3, 0.4) is 0 Å². The van der Waals surface area contributed by atoms with Crippen LogP contribution in [0.2, 0.25) is 0 Å². The summed E-state index contributed by atoms with van der Waals surface area (Å²) < 4.78 is 5.18. The first kappa shape index (κ1) is 26.8. The lowest BCUT2D eigenvalue weighted by Gasteiger charge is -2.19. The predicted octanol–water partition coefficient (Wildman–Crippen LogP) is 13.0. The van der Waals surface area contributed by atoms with Gasteiger partial charge >= 0.3 is 0 Å². The van der Waals surface area contributed by atoms with Crippen molar-refractivity contribution >= 4 is 63.0 Å². The second-order valence-electron chi connectivity index (χ2n) is 11.6. The number of benzene rings is 7. The third-order valence-electron chi connectivity index (χ3n) is 8.96. The van der Waals surface area contributed by atoms with E-state index in [0.717, 1.165) is 33.4 Å². The molecule has 0 aliphatic carbocycles. The second kappa shape index (κ2) is 10.8. The van der Waals surface area contributed by atoms with Crippen LogP contribution in [-0.2, 0) is 0 Å². The lowest BCUT2D eigenvalue weighted by Crippen LogP contribution is -1.94. The van der Waals surface area contributed by atoms with Gasteiger partial charge in [0.25, 0.3) is 0 Å². The molecular weight excluding hydrogens is 595 g/mol. The van der Waals surface area contributed by atoms with Gasteiger partial charge < -0.3 is 0 Å². The number of nitrogens with zero attached hydrogens (tertiary/aromatic N) is 1. The highest BCUT2D eigenvalue weighted by molar-refractivity contribution is 7.26. The number of hydrogen-bond acceptors (Lipinski definition) is 3. The van der Waals surface area contributed by atoms with Crippen molar-refractivity contribution in [2.24, 2.45) is 0 Å². The summed E-state index contributed by atoms with van der Waals surface area (Å²) >= 11 is 3.68. The number of nitriles is 1. The first-order valence-corrected chi connectivity index (χ1v) is 16.9. The first-order chi connectivity index (χ1) is 22.7. The molecular formula is C43H25NS2. The van der Waals surface area contributed by atoms with Gasteiger partial charge in [0, 0.05) is 45.9 Å². The Kier molecular flexibility index (Phi) is 6.31. The van der Waals surface area contributed by atoms with Crippen LogP contribution in [0, 0.1) is 11.3 Å². The zero-order valence-electron chi connectivity index (χ0n) is 24.7. The summed E-state index contributed by atoms with van der Waals surface area (Å²) in [6.45, 7) is 0. The summed E-state index contributed by atoms with van der Waals surface area (Å²) in [6.07, 6.45) is 0. The van der Waals surface area contributed by atoms with Gasteiger partial charge in [-0.2, -0.15) is 5.26 Å². The number of thiophene rings is 2. The number of fused-ring (bicyclic) bond motifs is 6. The molecule has 2 aromatic heterocycles. The zero-order valence-corrected chi connectivity index (χ0v) is 26.3. The van der Waals surface area contributed by atoms with Gasteiger partial charge in [-0.3, -0.25) is 0 Å².